The molecule has 0 aliphatic heterocycles. The first-order chi connectivity index (χ1) is 14.1. The maximum Gasteiger partial charge on any atom is 0.298 e. The van der Waals surface area contributed by atoms with Crippen LogP contribution in [0.4, 0.5) is 4.39 Å². The van der Waals surface area contributed by atoms with Crippen LogP contribution >= 0.6 is 11.5 Å². The van der Waals surface area contributed by atoms with Crippen LogP contribution < -0.4 is 10.1 Å². The van der Waals surface area contributed by atoms with Crippen molar-refractivity contribution < 1.29 is 13.9 Å². The quantitative estimate of drug-likeness (QED) is 0.454. The van der Waals surface area contributed by atoms with Crippen LogP contribution in [0, 0.1) is 5.82 Å². The fourth-order valence-electron chi connectivity index (χ4n) is 2.79. The summed E-state index contributed by atoms with van der Waals surface area (Å²) in [5.74, 6) is 0.765. The molecular formula is C22H24FN3O2S. The second-order valence-electron chi connectivity index (χ2n) is 6.73. The molecule has 3 aromatic rings. The molecule has 0 saturated carbocycles. The Morgan fingerprint density at radius 2 is 1.97 bits per heavy atom. The Hall–Kier alpha value is -2.80. The maximum absolute atomic E-state index is 13.0. The van der Waals surface area contributed by atoms with E-state index in [-0.39, 0.29) is 11.7 Å². The summed E-state index contributed by atoms with van der Waals surface area (Å²) in [6, 6.07) is 13.3. The number of rotatable bonds is 10. The molecule has 0 unspecified atom stereocenters. The number of aromatic nitrogens is 2. The van der Waals surface area contributed by atoms with E-state index in [2.05, 4.69) is 21.6 Å². The number of unbranched alkanes of at least 4 members (excludes halogenated alkanes) is 3. The van der Waals surface area contributed by atoms with Crippen molar-refractivity contribution in [1.82, 2.24) is 14.7 Å². The SMILES string of the molecule is CCCCCCNC(=O)c1cccc(Oc2nc(Cc3ccc(F)cc3)ns2)c1. The zero-order chi connectivity index (χ0) is 20.5. The first-order valence-corrected chi connectivity index (χ1v) is 10.5. The predicted molar refractivity (Wildman–Crippen MR) is 112 cm³/mol. The van der Waals surface area contributed by atoms with E-state index in [1.807, 2.05) is 0 Å². The van der Waals surface area contributed by atoms with Crippen molar-refractivity contribution >= 4 is 17.4 Å². The zero-order valence-electron chi connectivity index (χ0n) is 16.4. The summed E-state index contributed by atoms with van der Waals surface area (Å²) < 4.78 is 23.1. The lowest BCUT2D eigenvalue weighted by Crippen LogP contribution is -2.24. The van der Waals surface area contributed by atoms with Gasteiger partial charge >= 0.3 is 0 Å². The van der Waals surface area contributed by atoms with E-state index in [1.54, 1.807) is 36.4 Å². The van der Waals surface area contributed by atoms with Crippen LogP contribution in [0.15, 0.2) is 48.5 Å². The monoisotopic (exact) mass is 413 g/mol. The molecule has 0 saturated heterocycles. The van der Waals surface area contributed by atoms with Crippen LogP contribution in [0.3, 0.4) is 0 Å². The van der Waals surface area contributed by atoms with E-state index in [9.17, 15) is 9.18 Å². The van der Waals surface area contributed by atoms with Gasteiger partial charge in [-0.2, -0.15) is 9.36 Å². The minimum atomic E-state index is -0.270. The van der Waals surface area contributed by atoms with Crippen LogP contribution in [-0.4, -0.2) is 21.8 Å². The Kier molecular flexibility index (Phi) is 7.69. The third-order valence-electron chi connectivity index (χ3n) is 4.34. The van der Waals surface area contributed by atoms with Crippen LogP contribution in [0.5, 0.6) is 10.9 Å². The van der Waals surface area contributed by atoms with Crippen molar-refractivity contribution in [2.24, 2.45) is 0 Å². The first-order valence-electron chi connectivity index (χ1n) is 9.77. The Morgan fingerprint density at radius 3 is 2.76 bits per heavy atom. The van der Waals surface area contributed by atoms with E-state index in [4.69, 9.17) is 4.74 Å². The van der Waals surface area contributed by atoms with Crippen LogP contribution in [0.2, 0.25) is 0 Å². The highest BCUT2D eigenvalue weighted by atomic mass is 32.1. The molecule has 0 bridgehead atoms. The molecular weight excluding hydrogens is 389 g/mol. The highest BCUT2D eigenvalue weighted by Gasteiger charge is 2.10. The summed E-state index contributed by atoms with van der Waals surface area (Å²) in [6.07, 6.45) is 4.96. The minimum Gasteiger partial charge on any atom is -0.430 e. The molecule has 1 aromatic heterocycles. The summed E-state index contributed by atoms with van der Waals surface area (Å²) in [5.41, 5.74) is 1.47. The fourth-order valence-corrected chi connectivity index (χ4v) is 3.36. The molecule has 1 heterocycles. The van der Waals surface area contributed by atoms with Gasteiger partial charge in [-0.1, -0.05) is 44.4 Å². The third-order valence-corrected chi connectivity index (χ3v) is 4.98. The minimum absolute atomic E-state index is 0.110. The summed E-state index contributed by atoms with van der Waals surface area (Å²) in [7, 11) is 0. The second kappa shape index (κ2) is 10.7. The average Bonchev–Trinajstić information content (AvgIpc) is 3.16. The molecule has 2 aromatic carbocycles. The molecule has 152 valence electrons. The molecule has 0 spiro atoms. The van der Waals surface area contributed by atoms with Gasteiger partial charge in [-0.15, -0.1) is 0 Å². The fraction of sp³-hybridized carbons (Fsp3) is 0.318. The van der Waals surface area contributed by atoms with Crippen molar-refractivity contribution in [2.45, 2.75) is 39.0 Å². The third kappa shape index (κ3) is 6.64. The molecule has 1 amide bonds. The molecule has 7 heteroatoms. The molecule has 0 fully saturated rings. The molecule has 0 radical (unpaired) electrons. The lowest BCUT2D eigenvalue weighted by Gasteiger charge is -2.07. The Bertz CT molecular complexity index is 928. The van der Waals surface area contributed by atoms with Gasteiger partial charge in [0.05, 0.1) is 0 Å². The molecule has 0 aliphatic rings. The number of benzene rings is 2. The second-order valence-corrected chi connectivity index (χ2v) is 7.44. The van der Waals surface area contributed by atoms with Gasteiger partial charge in [-0.25, -0.2) is 4.39 Å². The largest absolute Gasteiger partial charge is 0.430 e. The predicted octanol–water partition coefficient (Wildman–Crippen LogP) is 5.37. The van der Waals surface area contributed by atoms with Gasteiger partial charge in [0, 0.05) is 30.1 Å². The molecule has 0 atom stereocenters. The highest BCUT2D eigenvalue weighted by Crippen LogP contribution is 2.24. The van der Waals surface area contributed by atoms with Gasteiger partial charge in [0.2, 0.25) is 0 Å². The molecule has 5 nitrogen and oxygen atoms in total. The van der Waals surface area contributed by atoms with Gasteiger partial charge in [-0.3, -0.25) is 4.79 Å². The number of hydrogen-bond acceptors (Lipinski definition) is 5. The first kappa shape index (κ1) is 20.9. The smallest absolute Gasteiger partial charge is 0.298 e. The maximum atomic E-state index is 13.0. The number of carbonyl (C=O) groups excluding carboxylic acids is 1. The number of ether oxygens (including phenoxy) is 1. The van der Waals surface area contributed by atoms with Gasteiger partial charge in [0.25, 0.3) is 11.1 Å². The standard InChI is InChI=1S/C22H24FN3O2S/c1-2-3-4-5-13-24-21(27)17-7-6-8-19(15-17)28-22-25-20(26-29-22)14-16-9-11-18(23)12-10-16/h6-12,15H,2-5,13-14H2,1H3,(H,24,27). The van der Waals surface area contributed by atoms with Gasteiger partial charge in [-0.05, 0) is 42.3 Å². The average molecular weight is 414 g/mol. The summed E-state index contributed by atoms with van der Waals surface area (Å²) in [6.45, 7) is 2.83. The highest BCUT2D eigenvalue weighted by molar-refractivity contribution is 7.07. The normalized spacial score (nSPS) is 10.7. The Balaban J connectivity index is 1.55. The topological polar surface area (TPSA) is 64.1 Å². The van der Waals surface area contributed by atoms with Crippen molar-refractivity contribution in [1.29, 1.82) is 0 Å². The lowest BCUT2D eigenvalue weighted by atomic mass is 10.1. The molecule has 3 rings (SSSR count). The van der Waals surface area contributed by atoms with Crippen molar-refractivity contribution in [3.05, 3.63) is 71.3 Å². The lowest BCUT2D eigenvalue weighted by molar-refractivity contribution is 0.0952. The van der Waals surface area contributed by atoms with E-state index in [0.29, 0.717) is 35.3 Å². The number of carbonyl (C=O) groups is 1. The van der Waals surface area contributed by atoms with Crippen LogP contribution in [0.25, 0.3) is 0 Å². The van der Waals surface area contributed by atoms with E-state index in [1.165, 1.54) is 25.0 Å². The van der Waals surface area contributed by atoms with Crippen molar-refractivity contribution in [3.63, 3.8) is 0 Å². The number of amides is 1. The Labute approximate surface area is 174 Å². The molecule has 29 heavy (non-hydrogen) atoms. The summed E-state index contributed by atoms with van der Waals surface area (Å²) in [4.78, 5) is 16.7. The number of hydrogen-bond donors (Lipinski definition) is 1. The van der Waals surface area contributed by atoms with Gasteiger partial charge < -0.3 is 10.1 Å². The van der Waals surface area contributed by atoms with Gasteiger partial charge in [0.15, 0.2) is 5.82 Å². The molecule has 1 N–H and O–H groups in total. The summed E-state index contributed by atoms with van der Waals surface area (Å²) >= 11 is 1.14. The summed E-state index contributed by atoms with van der Waals surface area (Å²) in [5, 5.41) is 3.34. The van der Waals surface area contributed by atoms with Crippen molar-refractivity contribution in [2.75, 3.05) is 6.54 Å². The van der Waals surface area contributed by atoms with E-state index < -0.39 is 0 Å². The molecule has 0 aliphatic carbocycles. The van der Waals surface area contributed by atoms with E-state index in [0.717, 1.165) is 29.9 Å². The van der Waals surface area contributed by atoms with E-state index >= 15 is 0 Å². The van der Waals surface area contributed by atoms with Crippen LogP contribution in [-0.2, 0) is 6.42 Å². The Morgan fingerprint density at radius 1 is 1.14 bits per heavy atom. The number of nitrogens with one attached hydrogen (secondary N) is 1. The van der Waals surface area contributed by atoms with Crippen LogP contribution in [0.1, 0.15) is 54.4 Å². The number of halogens is 1. The van der Waals surface area contributed by atoms with Crippen molar-refractivity contribution in [3.8, 4) is 10.9 Å². The number of nitrogens with zero attached hydrogens (tertiary/aromatic N) is 2. The zero-order valence-corrected chi connectivity index (χ0v) is 17.2. The van der Waals surface area contributed by atoms with Gasteiger partial charge in [0.1, 0.15) is 11.6 Å².